The molecule has 5 unspecified atom stereocenters. The van der Waals surface area contributed by atoms with E-state index in [0.29, 0.717) is 32.7 Å². The number of hydrogen-bond donors (Lipinski definition) is 10. The van der Waals surface area contributed by atoms with Crippen LogP contribution >= 0.6 is 0 Å². The van der Waals surface area contributed by atoms with Crippen molar-refractivity contribution in [3.05, 3.63) is 0 Å². The van der Waals surface area contributed by atoms with Crippen molar-refractivity contribution >= 4 is 29.5 Å². The Morgan fingerprint density at radius 2 is 0.330 bits per heavy atom. The maximum absolute atomic E-state index is 13.6. The summed E-state index contributed by atoms with van der Waals surface area (Å²) in [6.07, 6.45) is 50.0. The molecule has 0 bridgehead atoms. The van der Waals surface area contributed by atoms with E-state index < -0.39 is 60.1 Å². The van der Waals surface area contributed by atoms with E-state index in [0.717, 1.165) is 128 Å². The van der Waals surface area contributed by atoms with Crippen molar-refractivity contribution in [1.82, 2.24) is 41.3 Å². The van der Waals surface area contributed by atoms with Gasteiger partial charge in [-0.05, 0) is 32.1 Å². The summed E-state index contributed by atoms with van der Waals surface area (Å²) in [7, 11) is 0. The van der Waals surface area contributed by atoms with Crippen LogP contribution in [0.4, 0.5) is 0 Å². The van der Waals surface area contributed by atoms with Crippen LogP contribution in [0, 0.1) is 0 Å². The molecule has 10 N–H and O–H groups in total. The van der Waals surface area contributed by atoms with Gasteiger partial charge in [-0.1, -0.05) is 324 Å². The highest BCUT2D eigenvalue weighted by atomic mass is 16.3. The Hall–Kier alpha value is -2.97. The van der Waals surface area contributed by atoms with Gasteiger partial charge in [0.25, 0.3) is 0 Å². The Bertz CT molecular complexity index is 1580. The minimum absolute atomic E-state index is 0.0898. The van der Waals surface area contributed by atoms with Crippen LogP contribution in [0.3, 0.4) is 0 Å². The summed E-state index contributed by atoms with van der Waals surface area (Å²) in [4.78, 5) is 72.8. The number of nitrogens with zero attached hydrogens (tertiary/aromatic N) is 3. The molecule has 18 heteroatoms. The van der Waals surface area contributed by atoms with Crippen molar-refractivity contribution in [2.24, 2.45) is 0 Å². The summed E-state index contributed by atoms with van der Waals surface area (Å²) < 4.78 is 0. The molecular weight excluding hydrogens is 1220 g/mol. The fourth-order valence-electron chi connectivity index (χ4n) is 12.7. The van der Waals surface area contributed by atoms with Crippen LogP contribution in [0.5, 0.6) is 0 Å². The molecule has 5 amide bonds. The average molecular weight is 1380 g/mol. The van der Waals surface area contributed by atoms with Gasteiger partial charge in [-0.3, -0.25) is 38.7 Å². The summed E-state index contributed by atoms with van der Waals surface area (Å²) in [6, 6.07) is 0. The summed E-state index contributed by atoms with van der Waals surface area (Å²) >= 11 is 0. The normalized spacial score (nSPS) is 13.3. The molecule has 0 aromatic carbocycles. The number of hydrogen-bond acceptors (Lipinski definition) is 13. The molecule has 0 saturated carbocycles. The topological polar surface area (TPSA) is 256 Å². The Morgan fingerprint density at radius 3 is 0.485 bits per heavy atom. The zero-order chi connectivity index (χ0) is 71.3. The molecule has 0 aromatic heterocycles. The van der Waals surface area contributed by atoms with E-state index in [-0.39, 0.29) is 58.9 Å². The molecule has 0 aliphatic rings. The molecule has 0 spiro atoms. The van der Waals surface area contributed by atoms with E-state index >= 15 is 0 Å². The lowest BCUT2D eigenvalue weighted by Crippen LogP contribution is -2.52. The molecule has 574 valence electrons. The Morgan fingerprint density at radius 1 is 0.206 bits per heavy atom. The van der Waals surface area contributed by atoms with Crippen molar-refractivity contribution in [3.63, 3.8) is 0 Å². The van der Waals surface area contributed by atoms with Gasteiger partial charge < -0.3 is 52.1 Å². The lowest BCUT2D eigenvalue weighted by atomic mass is 10.1. The monoisotopic (exact) mass is 1380 g/mol. The fourth-order valence-corrected chi connectivity index (χ4v) is 12.7. The van der Waals surface area contributed by atoms with E-state index in [9.17, 15) is 49.5 Å². The van der Waals surface area contributed by atoms with Crippen molar-refractivity contribution in [3.8, 4) is 0 Å². The van der Waals surface area contributed by atoms with E-state index in [1.54, 1.807) is 9.80 Å². The van der Waals surface area contributed by atoms with Gasteiger partial charge in [0.1, 0.15) is 30.5 Å². The number of aliphatic hydroxyl groups excluding tert-OH is 5. The summed E-state index contributed by atoms with van der Waals surface area (Å²) in [5.41, 5.74) is 0. The number of amides is 5. The van der Waals surface area contributed by atoms with Gasteiger partial charge in [0.05, 0.1) is 0 Å². The quantitative estimate of drug-likeness (QED) is 0.0255. The zero-order valence-electron chi connectivity index (χ0n) is 63.8. The molecule has 0 saturated heterocycles. The second kappa shape index (κ2) is 71.4. The predicted molar refractivity (Wildman–Crippen MR) is 404 cm³/mol. The van der Waals surface area contributed by atoms with Crippen LogP contribution in [0.2, 0.25) is 0 Å². The molecule has 18 nitrogen and oxygen atoms in total. The van der Waals surface area contributed by atoms with Crippen molar-refractivity contribution in [2.75, 3.05) is 91.6 Å². The van der Waals surface area contributed by atoms with E-state index in [1.807, 2.05) is 4.90 Å². The maximum atomic E-state index is 13.6. The molecule has 0 rings (SSSR count). The van der Waals surface area contributed by atoms with Gasteiger partial charge in [-0.15, -0.1) is 0 Å². The van der Waals surface area contributed by atoms with Crippen LogP contribution in [0.1, 0.15) is 356 Å². The molecule has 0 aliphatic heterocycles. The van der Waals surface area contributed by atoms with Crippen LogP contribution < -0.4 is 26.6 Å². The predicted octanol–water partition coefficient (Wildman–Crippen LogP) is 13.9. The zero-order valence-corrected chi connectivity index (χ0v) is 63.8. The summed E-state index contributed by atoms with van der Waals surface area (Å²) in [6.45, 7) is 12.6. The van der Waals surface area contributed by atoms with Gasteiger partial charge in [0, 0.05) is 91.6 Å². The maximum Gasteiger partial charge on any atom is 0.250 e. The average Bonchev–Trinajstić information content (AvgIpc) is 3.67. The number of carbonyl (C=O) groups excluding carboxylic acids is 5. The second-order valence-electron chi connectivity index (χ2n) is 28.8. The molecule has 0 radical (unpaired) electrons. The van der Waals surface area contributed by atoms with Gasteiger partial charge in [-0.2, -0.15) is 0 Å². The van der Waals surface area contributed by atoms with Crippen LogP contribution in [0.15, 0.2) is 0 Å². The first-order chi connectivity index (χ1) is 47.2. The molecule has 0 aliphatic carbocycles. The number of carbonyl (C=O) groups is 5. The van der Waals surface area contributed by atoms with E-state index in [4.69, 9.17) is 0 Å². The third-order valence-electron chi connectivity index (χ3n) is 19.3. The summed E-state index contributed by atoms with van der Waals surface area (Å²) in [5, 5.41) is 71.9. The van der Waals surface area contributed by atoms with E-state index in [1.165, 1.54) is 193 Å². The highest BCUT2D eigenvalue weighted by Gasteiger charge is 2.28. The van der Waals surface area contributed by atoms with Crippen LogP contribution in [-0.2, 0) is 24.0 Å². The van der Waals surface area contributed by atoms with Gasteiger partial charge in [-0.25, -0.2) is 0 Å². The first kappa shape index (κ1) is 94.0. The van der Waals surface area contributed by atoms with Gasteiger partial charge in [0.15, 0.2) is 0 Å². The fraction of sp³-hybridized carbons (Fsp3) is 0.937. The van der Waals surface area contributed by atoms with Crippen molar-refractivity contribution in [2.45, 2.75) is 386 Å². The largest absolute Gasteiger partial charge is 0.382 e. The number of rotatable bonds is 76. The van der Waals surface area contributed by atoms with E-state index in [2.05, 4.69) is 61.2 Å². The minimum atomic E-state index is -1.49. The number of aliphatic hydroxyl groups is 5. The van der Waals surface area contributed by atoms with Crippen molar-refractivity contribution in [1.29, 1.82) is 0 Å². The number of nitrogens with one attached hydrogen (secondary N) is 5. The third kappa shape index (κ3) is 61.4. The second-order valence-corrected chi connectivity index (χ2v) is 28.8. The standard InChI is InChI=1S/C79H158N8O10/c1-6-11-16-21-26-31-36-41-46-51-56-80-75(93)70(88)65-85(61-63-86(66-71(89)76(94)81-57-52-47-42-37-32-27-22-17-12-7-2)67-72(90)77(95)82-58-53-48-43-38-33-28-23-18-13-8-3)62-64-87(68-73(91)78(96)83-59-54-49-44-39-34-29-24-19-14-9-4)69-74(92)79(97)84-60-55-50-45-40-35-30-25-20-15-10-5/h70-74,88-92H,6-69H2,1-5H3,(H,80,93)(H,81,94)(H,82,95)(H,83,96)(H,84,97). The first-order valence-electron chi connectivity index (χ1n) is 41.2. The Balaban J connectivity index is 6.55. The first-order valence-corrected chi connectivity index (χ1v) is 41.2. The van der Waals surface area contributed by atoms with Crippen molar-refractivity contribution < 1.29 is 49.5 Å². The lowest BCUT2D eigenvalue weighted by molar-refractivity contribution is -0.133. The lowest BCUT2D eigenvalue weighted by Gasteiger charge is -2.33. The third-order valence-corrected chi connectivity index (χ3v) is 19.3. The molecular formula is C79H158N8O10. The molecule has 0 fully saturated rings. The molecule has 97 heavy (non-hydrogen) atoms. The summed E-state index contributed by atoms with van der Waals surface area (Å²) in [5.74, 6) is -2.76. The number of unbranched alkanes of at least 4 members (excludes halogenated alkanes) is 45. The molecule has 0 heterocycles. The van der Waals surface area contributed by atoms with Gasteiger partial charge >= 0.3 is 0 Å². The Labute approximate surface area is 595 Å². The van der Waals surface area contributed by atoms with Crippen LogP contribution in [-0.4, -0.2) is 192 Å². The SMILES string of the molecule is CCCCCCCCCCCCNC(=O)C(O)CN(CCN(CC(O)C(=O)NCCCCCCCCCCCC)CC(O)C(=O)NCCCCCCCCCCCC)CCN(CC(O)C(=O)NCCCCCCCCCCCC)CC(O)C(=O)NCCCCCCCCCCCC. The minimum Gasteiger partial charge on any atom is -0.382 e. The smallest absolute Gasteiger partial charge is 0.250 e. The highest BCUT2D eigenvalue weighted by molar-refractivity contribution is 5.82. The van der Waals surface area contributed by atoms with Gasteiger partial charge in [0.2, 0.25) is 29.5 Å². The highest BCUT2D eigenvalue weighted by Crippen LogP contribution is 2.16. The molecule has 5 atom stereocenters. The molecule has 0 aromatic rings. The Kier molecular flexibility index (Phi) is 69.2. The van der Waals surface area contributed by atoms with Crippen LogP contribution in [0.25, 0.3) is 0 Å².